The van der Waals surface area contributed by atoms with E-state index in [4.69, 9.17) is 10.1 Å². The van der Waals surface area contributed by atoms with Crippen molar-refractivity contribution < 1.29 is 5.11 Å². The maximum absolute atomic E-state index is 9.70. The number of benzene rings is 1. The van der Waals surface area contributed by atoms with Crippen LogP contribution in [0.3, 0.4) is 0 Å². The molecule has 1 aromatic carbocycles. The molecule has 6 rings (SSSR count). The third-order valence-corrected chi connectivity index (χ3v) is 8.20. The predicted molar refractivity (Wildman–Crippen MR) is 125 cm³/mol. The summed E-state index contributed by atoms with van der Waals surface area (Å²) in [5.41, 5.74) is 4.29. The molecule has 3 atom stereocenters. The molecule has 3 aliphatic rings. The van der Waals surface area contributed by atoms with Crippen molar-refractivity contribution in [2.75, 3.05) is 38.1 Å². The van der Waals surface area contributed by atoms with Gasteiger partial charge in [0.15, 0.2) is 5.82 Å². The molecule has 168 valence electrons. The summed E-state index contributed by atoms with van der Waals surface area (Å²) in [5.74, 6) is 3.86. The van der Waals surface area contributed by atoms with E-state index in [1.807, 2.05) is 23.9 Å². The van der Waals surface area contributed by atoms with E-state index in [0.717, 1.165) is 46.7 Å². The number of hydrogen-bond donors (Lipinski definition) is 1. The number of piperidine rings is 1. The number of rotatable bonds is 3. The number of β-amino-alcohol motifs (C(OH)–C–C–N with tert-alkyl or cyclic N) is 1. The van der Waals surface area contributed by atoms with Crippen LogP contribution in [0.1, 0.15) is 36.7 Å². The highest BCUT2D eigenvalue weighted by molar-refractivity contribution is 5.82. The van der Waals surface area contributed by atoms with Crippen molar-refractivity contribution in [3.05, 3.63) is 41.3 Å². The molecule has 0 bridgehead atoms. The van der Waals surface area contributed by atoms with Gasteiger partial charge in [0.05, 0.1) is 17.8 Å². The fraction of sp³-hybridized carbons (Fsp3) is 0.560. The third-order valence-electron chi connectivity index (χ3n) is 8.20. The zero-order chi connectivity index (χ0) is 22.2. The van der Waals surface area contributed by atoms with Gasteiger partial charge in [-0.1, -0.05) is 6.92 Å². The van der Waals surface area contributed by atoms with Gasteiger partial charge in [-0.3, -0.25) is 0 Å². The molecular formula is C25H32N6O. The Kier molecular flexibility index (Phi) is 4.40. The maximum Gasteiger partial charge on any atom is 0.159 e. The van der Waals surface area contributed by atoms with Gasteiger partial charge in [-0.2, -0.15) is 5.10 Å². The van der Waals surface area contributed by atoms with Gasteiger partial charge in [-0.25, -0.2) is 14.6 Å². The summed E-state index contributed by atoms with van der Waals surface area (Å²) in [4.78, 5) is 13.9. The quantitative estimate of drug-likeness (QED) is 0.686. The Hall–Kier alpha value is -2.51. The largest absolute Gasteiger partial charge is 0.389 e. The number of anilines is 1. The molecule has 7 nitrogen and oxygen atoms in total. The Balaban J connectivity index is 1.44. The van der Waals surface area contributed by atoms with Crippen LogP contribution in [-0.4, -0.2) is 69.1 Å². The van der Waals surface area contributed by atoms with Crippen LogP contribution in [0.15, 0.2) is 24.4 Å². The minimum Gasteiger partial charge on any atom is -0.389 e. The number of aromatic nitrogens is 4. The molecule has 3 fully saturated rings. The third kappa shape index (κ3) is 2.90. The van der Waals surface area contributed by atoms with Gasteiger partial charge in [0.25, 0.3) is 0 Å². The SMILES string of the molecule is Cc1nc(N2CC(O)C2)cc(-n2ncc3cc(C)c([C@]45CCN(C)C[C@@H]4[C@H](C)C5)cc32)n1. The molecule has 7 heteroatoms. The van der Waals surface area contributed by atoms with Gasteiger partial charge in [-0.05, 0) is 75.4 Å². The Morgan fingerprint density at radius 1 is 1.06 bits per heavy atom. The number of aliphatic hydroxyl groups is 1. The van der Waals surface area contributed by atoms with Crippen LogP contribution < -0.4 is 4.90 Å². The van der Waals surface area contributed by atoms with Crippen molar-refractivity contribution in [3.63, 3.8) is 0 Å². The molecule has 0 radical (unpaired) electrons. The van der Waals surface area contributed by atoms with E-state index in [2.05, 4.69) is 47.8 Å². The molecule has 1 aliphatic carbocycles. The van der Waals surface area contributed by atoms with Crippen molar-refractivity contribution >= 4 is 16.7 Å². The van der Waals surface area contributed by atoms with E-state index in [0.29, 0.717) is 18.5 Å². The second-order valence-electron chi connectivity index (χ2n) is 10.4. The Morgan fingerprint density at radius 3 is 2.59 bits per heavy atom. The molecule has 2 aliphatic heterocycles. The van der Waals surface area contributed by atoms with Crippen LogP contribution in [-0.2, 0) is 5.41 Å². The van der Waals surface area contributed by atoms with Gasteiger partial charge in [0, 0.05) is 36.5 Å². The maximum atomic E-state index is 9.70. The number of fused-ring (bicyclic) bond motifs is 2. The zero-order valence-corrected chi connectivity index (χ0v) is 19.4. The lowest BCUT2D eigenvalue weighted by molar-refractivity contribution is -0.0298. The summed E-state index contributed by atoms with van der Waals surface area (Å²) in [6.45, 7) is 10.2. The highest BCUT2D eigenvalue weighted by atomic mass is 16.3. The van der Waals surface area contributed by atoms with Crippen LogP contribution in [0.25, 0.3) is 16.7 Å². The van der Waals surface area contributed by atoms with Crippen LogP contribution in [0, 0.1) is 25.7 Å². The Bertz CT molecular complexity index is 1200. The summed E-state index contributed by atoms with van der Waals surface area (Å²) in [5, 5.41) is 15.6. The molecule has 3 aromatic rings. The lowest BCUT2D eigenvalue weighted by Crippen LogP contribution is -2.59. The summed E-state index contributed by atoms with van der Waals surface area (Å²) in [6.07, 6.45) is 4.19. The predicted octanol–water partition coefficient (Wildman–Crippen LogP) is 2.84. The number of aryl methyl sites for hydroxylation is 2. The van der Waals surface area contributed by atoms with Gasteiger partial charge in [0.1, 0.15) is 11.6 Å². The first-order valence-corrected chi connectivity index (χ1v) is 11.8. The van der Waals surface area contributed by atoms with Crippen molar-refractivity contribution in [1.82, 2.24) is 24.6 Å². The Labute approximate surface area is 189 Å². The van der Waals surface area contributed by atoms with Crippen LogP contribution in [0.5, 0.6) is 0 Å². The first-order chi connectivity index (χ1) is 15.3. The topological polar surface area (TPSA) is 70.3 Å². The molecule has 4 heterocycles. The molecule has 32 heavy (non-hydrogen) atoms. The number of hydrogen-bond acceptors (Lipinski definition) is 6. The lowest BCUT2D eigenvalue weighted by atomic mass is 9.48. The van der Waals surface area contributed by atoms with E-state index in [1.54, 1.807) is 0 Å². The zero-order valence-electron chi connectivity index (χ0n) is 19.4. The first kappa shape index (κ1) is 20.1. The summed E-state index contributed by atoms with van der Waals surface area (Å²) >= 11 is 0. The van der Waals surface area contributed by atoms with Crippen LogP contribution >= 0.6 is 0 Å². The first-order valence-electron chi connectivity index (χ1n) is 11.8. The number of nitrogens with zero attached hydrogens (tertiary/aromatic N) is 6. The van der Waals surface area contributed by atoms with E-state index in [9.17, 15) is 5.11 Å². The monoisotopic (exact) mass is 432 g/mol. The minimum absolute atomic E-state index is 0.267. The van der Waals surface area contributed by atoms with Gasteiger partial charge >= 0.3 is 0 Å². The summed E-state index contributed by atoms with van der Waals surface area (Å²) < 4.78 is 1.97. The number of likely N-dealkylation sites (tertiary alicyclic amines) is 1. The molecule has 0 spiro atoms. The molecule has 0 unspecified atom stereocenters. The van der Waals surface area contributed by atoms with E-state index < -0.39 is 0 Å². The Morgan fingerprint density at radius 2 is 1.84 bits per heavy atom. The summed E-state index contributed by atoms with van der Waals surface area (Å²) in [7, 11) is 2.26. The minimum atomic E-state index is -0.267. The normalized spacial score (nSPS) is 28.5. The van der Waals surface area contributed by atoms with Gasteiger partial charge < -0.3 is 14.9 Å². The smallest absolute Gasteiger partial charge is 0.159 e. The van der Waals surface area contributed by atoms with E-state index in [1.165, 1.54) is 30.5 Å². The molecule has 2 aromatic heterocycles. The molecule has 1 N–H and O–H groups in total. The second kappa shape index (κ2) is 6.99. The van der Waals surface area contributed by atoms with Gasteiger partial charge in [-0.15, -0.1) is 0 Å². The fourth-order valence-corrected chi connectivity index (χ4v) is 6.51. The van der Waals surface area contributed by atoms with Crippen LogP contribution in [0.2, 0.25) is 0 Å². The fourth-order valence-electron chi connectivity index (χ4n) is 6.51. The highest BCUT2D eigenvalue weighted by Crippen LogP contribution is 2.57. The summed E-state index contributed by atoms with van der Waals surface area (Å²) in [6, 6.07) is 6.70. The van der Waals surface area contributed by atoms with Gasteiger partial charge in [0.2, 0.25) is 0 Å². The average Bonchev–Trinajstić information content (AvgIpc) is 3.14. The van der Waals surface area contributed by atoms with Crippen molar-refractivity contribution in [1.29, 1.82) is 0 Å². The van der Waals surface area contributed by atoms with Crippen molar-refractivity contribution in [3.8, 4) is 5.82 Å². The molecule has 0 amide bonds. The van der Waals surface area contributed by atoms with E-state index in [-0.39, 0.29) is 6.10 Å². The van der Waals surface area contributed by atoms with Crippen molar-refractivity contribution in [2.24, 2.45) is 11.8 Å². The highest BCUT2D eigenvalue weighted by Gasteiger charge is 2.55. The average molecular weight is 433 g/mol. The molecular weight excluding hydrogens is 400 g/mol. The van der Waals surface area contributed by atoms with Crippen molar-refractivity contribution in [2.45, 2.75) is 45.1 Å². The van der Waals surface area contributed by atoms with Crippen LogP contribution in [0.4, 0.5) is 5.82 Å². The lowest BCUT2D eigenvalue weighted by Gasteiger charge is -2.60. The number of aliphatic hydroxyl groups excluding tert-OH is 1. The molecule has 2 saturated heterocycles. The standard InChI is InChI=1S/C25H32N6O/c1-15-7-18-11-26-31(24-9-23(27-17(3)28-24)30-12-19(32)13-30)22(18)8-20(15)25-5-6-29(4)14-21(25)16(2)10-25/h7-9,11,16,19,21,32H,5-6,10,12-14H2,1-4H3/t16-,21-,25-/m1/s1. The van der Waals surface area contributed by atoms with E-state index >= 15 is 0 Å². The molecule has 1 saturated carbocycles. The second-order valence-corrected chi connectivity index (χ2v) is 10.4.